The van der Waals surface area contributed by atoms with Crippen LogP contribution in [0, 0.1) is 0 Å². The Morgan fingerprint density at radius 1 is 0.929 bits per heavy atom. The Morgan fingerprint density at radius 3 is 2.25 bits per heavy atom. The topological polar surface area (TPSA) is 71.1 Å². The number of ether oxygens (including phenoxy) is 2. The van der Waals surface area contributed by atoms with Crippen LogP contribution in [0.15, 0.2) is 48.5 Å². The summed E-state index contributed by atoms with van der Waals surface area (Å²) in [5, 5.41) is 2.89. The second-order valence-corrected chi connectivity index (χ2v) is 6.55. The number of carbonyl (C=O) groups excluding carboxylic acids is 2. The van der Waals surface area contributed by atoms with Gasteiger partial charge >= 0.3 is 6.03 Å². The van der Waals surface area contributed by atoms with E-state index in [0.717, 1.165) is 5.69 Å². The number of methoxy groups -OCH3 is 2. The van der Waals surface area contributed by atoms with Crippen molar-refractivity contribution in [2.75, 3.05) is 52.3 Å². The first-order chi connectivity index (χ1) is 13.6. The van der Waals surface area contributed by atoms with Crippen LogP contribution in [0.3, 0.4) is 0 Å². The third-order valence-electron chi connectivity index (χ3n) is 4.76. The van der Waals surface area contributed by atoms with Crippen LogP contribution in [-0.2, 0) is 0 Å². The average Bonchev–Trinajstić information content (AvgIpc) is 2.74. The highest BCUT2D eigenvalue weighted by Crippen LogP contribution is 2.27. The molecule has 2 aromatic rings. The van der Waals surface area contributed by atoms with Crippen molar-refractivity contribution in [3.05, 3.63) is 54.1 Å². The van der Waals surface area contributed by atoms with Crippen molar-refractivity contribution < 1.29 is 19.1 Å². The van der Waals surface area contributed by atoms with E-state index in [1.54, 1.807) is 37.3 Å². The summed E-state index contributed by atoms with van der Waals surface area (Å²) in [6.07, 6.45) is 0. The molecule has 1 N–H and O–H groups in total. The Kier molecular flexibility index (Phi) is 6.49. The smallest absolute Gasteiger partial charge is 0.321 e. The van der Waals surface area contributed by atoms with Crippen molar-refractivity contribution in [2.45, 2.75) is 0 Å². The fourth-order valence-corrected chi connectivity index (χ4v) is 3.14. The van der Waals surface area contributed by atoms with Gasteiger partial charge in [0.05, 0.1) is 20.8 Å². The molecule has 0 bridgehead atoms. The fourth-order valence-electron chi connectivity index (χ4n) is 3.14. The van der Waals surface area contributed by atoms with E-state index in [4.69, 9.17) is 9.47 Å². The Labute approximate surface area is 164 Å². The van der Waals surface area contributed by atoms with E-state index < -0.39 is 0 Å². The molecular weight excluding hydrogens is 358 g/mol. The molecule has 1 aliphatic rings. The number of nitrogens with one attached hydrogen (secondary N) is 1. The van der Waals surface area contributed by atoms with Gasteiger partial charge < -0.3 is 19.7 Å². The number of nitrogens with zero attached hydrogens (tertiary/aromatic N) is 2. The number of Topliss-reactive ketones (excluding diaryl/α,β-unsaturated/α-hetero) is 1. The number of rotatable bonds is 6. The third-order valence-corrected chi connectivity index (χ3v) is 4.76. The van der Waals surface area contributed by atoms with Gasteiger partial charge in [0.1, 0.15) is 0 Å². The van der Waals surface area contributed by atoms with Gasteiger partial charge in [-0.15, -0.1) is 0 Å². The molecule has 0 radical (unpaired) electrons. The summed E-state index contributed by atoms with van der Waals surface area (Å²) < 4.78 is 10.5. The van der Waals surface area contributed by atoms with Crippen LogP contribution in [0.25, 0.3) is 0 Å². The molecular formula is C21H25N3O4. The molecule has 0 aromatic heterocycles. The molecule has 0 saturated carbocycles. The van der Waals surface area contributed by atoms with Crippen molar-refractivity contribution >= 4 is 17.5 Å². The third kappa shape index (κ3) is 4.80. The summed E-state index contributed by atoms with van der Waals surface area (Å²) >= 11 is 0. The van der Waals surface area contributed by atoms with Crippen molar-refractivity contribution in [3.63, 3.8) is 0 Å². The summed E-state index contributed by atoms with van der Waals surface area (Å²) in [7, 11) is 3.11. The average molecular weight is 383 g/mol. The predicted octanol–water partition coefficient (Wildman–Crippen LogP) is 2.74. The molecule has 3 rings (SSSR count). The van der Waals surface area contributed by atoms with E-state index in [1.165, 1.54) is 0 Å². The molecule has 0 aliphatic carbocycles. The molecule has 2 amide bonds. The lowest BCUT2D eigenvalue weighted by Crippen LogP contribution is -2.51. The van der Waals surface area contributed by atoms with Crippen LogP contribution in [-0.4, -0.2) is 68.6 Å². The van der Waals surface area contributed by atoms with Crippen molar-refractivity contribution in [3.8, 4) is 11.5 Å². The molecule has 7 nitrogen and oxygen atoms in total. The zero-order valence-corrected chi connectivity index (χ0v) is 16.2. The molecule has 0 unspecified atom stereocenters. The standard InChI is InChI=1S/C21H25N3O4/c1-27-19-9-8-16(14-20(19)28-2)18(25)15-23-10-12-24(13-11-23)21(26)22-17-6-4-3-5-7-17/h3-9,14H,10-13,15H2,1-2H3,(H,22,26). The van der Waals surface area contributed by atoms with Crippen LogP contribution < -0.4 is 14.8 Å². The number of amides is 2. The predicted molar refractivity (Wildman–Crippen MR) is 107 cm³/mol. The van der Waals surface area contributed by atoms with Gasteiger partial charge in [-0.05, 0) is 30.3 Å². The highest BCUT2D eigenvalue weighted by atomic mass is 16.5. The molecule has 1 aliphatic heterocycles. The van der Waals surface area contributed by atoms with Gasteiger partial charge in [0.15, 0.2) is 17.3 Å². The summed E-state index contributed by atoms with van der Waals surface area (Å²) in [5.74, 6) is 1.15. The van der Waals surface area contributed by atoms with Gasteiger partial charge in [-0.25, -0.2) is 4.79 Å². The molecule has 2 aromatic carbocycles. The molecule has 148 valence electrons. The number of benzene rings is 2. The largest absolute Gasteiger partial charge is 0.493 e. The summed E-state index contributed by atoms with van der Waals surface area (Å²) in [4.78, 5) is 28.8. The first kappa shape index (κ1) is 19.7. The number of para-hydroxylation sites is 1. The van der Waals surface area contributed by atoms with E-state index >= 15 is 0 Å². The normalized spacial score (nSPS) is 14.4. The van der Waals surface area contributed by atoms with Crippen molar-refractivity contribution in [1.82, 2.24) is 9.80 Å². The number of hydrogen-bond donors (Lipinski definition) is 1. The van der Waals surface area contributed by atoms with Gasteiger partial charge in [0.2, 0.25) is 0 Å². The number of anilines is 1. The van der Waals surface area contributed by atoms with Gasteiger partial charge in [-0.3, -0.25) is 9.69 Å². The number of urea groups is 1. The second kappa shape index (κ2) is 9.23. The van der Waals surface area contributed by atoms with Gasteiger partial charge in [-0.2, -0.15) is 0 Å². The maximum atomic E-state index is 12.6. The van der Waals surface area contributed by atoms with Crippen LogP contribution in [0.1, 0.15) is 10.4 Å². The van der Waals surface area contributed by atoms with Crippen molar-refractivity contribution in [1.29, 1.82) is 0 Å². The SMILES string of the molecule is COc1ccc(C(=O)CN2CCN(C(=O)Nc3ccccc3)CC2)cc1OC. The monoisotopic (exact) mass is 383 g/mol. The Hall–Kier alpha value is -3.06. The maximum absolute atomic E-state index is 12.6. The summed E-state index contributed by atoms with van der Waals surface area (Å²) in [5.41, 5.74) is 1.36. The van der Waals surface area contributed by atoms with Crippen LogP contribution in [0.4, 0.5) is 10.5 Å². The Bertz CT molecular complexity index is 818. The first-order valence-corrected chi connectivity index (χ1v) is 9.19. The summed E-state index contributed by atoms with van der Waals surface area (Å²) in [6.45, 7) is 2.78. The lowest BCUT2D eigenvalue weighted by Gasteiger charge is -2.34. The molecule has 1 heterocycles. The maximum Gasteiger partial charge on any atom is 0.321 e. The highest BCUT2D eigenvalue weighted by Gasteiger charge is 2.23. The van der Waals surface area contributed by atoms with Gasteiger partial charge in [0, 0.05) is 37.4 Å². The van der Waals surface area contributed by atoms with E-state index in [-0.39, 0.29) is 11.8 Å². The first-order valence-electron chi connectivity index (χ1n) is 9.19. The Morgan fingerprint density at radius 2 is 1.61 bits per heavy atom. The van der Waals surface area contributed by atoms with Gasteiger partial charge in [-0.1, -0.05) is 18.2 Å². The van der Waals surface area contributed by atoms with E-state index in [9.17, 15) is 9.59 Å². The van der Waals surface area contributed by atoms with Crippen molar-refractivity contribution in [2.24, 2.45) is 0 Å². The van der Waals surface area contributed by atoms with E-state index in [0.29, 0.717) is 49.8 Å². The number of ketones is 1. The minimum Gasteiger partial charge on any atom is -0.493 e. The molecule has 0 spiro atoms. The number of hydrogen-bond acceptors (Lipinski definition) is 5. The summed E-state index contributed by atoms with van der Waals surface area (Å²) in [6, 6.07) is 14.4. The second-order valence-electron chi connectivity index (χ2n) is 6.55. The molecule has 0 atom stereocenters. The van der Waals surface area contributed by atoms with Gasteiger partial charge in [0.25, 0.3) is 0 Å². The zero-order chi connectivity index (χ0) is 19.9. The zero-order valence-electron chi connectivity index (χ0n) is 16.2. The molecule has 1 saturated heterocycles. The number of piperazine rings is 1. The molecule has 1 fully saturated rings. The minimum atomic E-state index is -0.114. The molecule has 7 heteroatoms. The highest BCUT2D eigenvalue weighted by molar-refractivity contribution is 5.98. The van der Waals surface area contributed by atoms with Crippen LogP contribution in [0.5, 0.6) is 11.5 Å². The fraction of sp³-hybridized carbons (Fsp3) is 0.333. The Balaban J connectivity index is 1.51. The number of carbonyl (C=O) groups is 2. The lowest BCUT2D eigenvalue weighted by atomic mass is 10.1. The minimum absolute atomic E-state index is 0.0168. The quantitative estimate of drug-likeness (QED) is 0.777. The van der Waals surface area contributed by atoms with E-state index in [2.05, 4.69) is 10.2 Å². The lowest BCUT2D eigenvalue weighted by molar-refractivity contribution is 0.0883. The van der Waals surface area contributed by atoms with Crippen LogP contribution in [0.2, 0.25) is 0 Å². The molecule has 28 heavy (non-hydrogen) atoms. The van der Waals surface area contributed by atoms with E-state index in [1.807, 2.05) is 30.3 Å². The van der Waals surface area contributed by atoms with Crippen LogP contribution >= 0.6 is 0 Å².